The van der Waals surface area contributed by atoms with Crippen molar-refractivity contribution in [2.24, 2.45) is 0 Å². The maximum absolute atomic E-state index is 9.11. The number of likely N-dealkylation sites (tertiary alicyclic amines) is 1. The Morgan fingerprint density at radius 3 is 2.93 bits per heavy atom. The van der Waals surface area contributed by atoms with Gasteiger partial charge in [0.2, 0.25) is 0 Å². The maximum atomic E-state index is 9.11. The van der Waals surface area contributed by atoms with Gasteiger partial charge in [-0.1, -0.05) is 0 Å². The minimum Gasteiger partial charge on any atom is -0.395 e. The molecule has 3 nitrogen and oxygen atoms in total. The molecule has 0 aromatic heterocycles. The number of nitrogens with zero attached hydrogens (tertiary/aromatic N) is 1. The quantitative estimate of drug-likeness (QED) is 0.657. The van der Waals surface area contributed by atoms with Crippen molar-refractivity contribution in [3.05, 3.63) is 0 Å². The zero-order valence-corrected chi connectivity index (χ0v) is 9.41. The van der Waals surface area contributed by atoms with Crippen LogP contribution in [0.1, 0.15) is 33.1 Å². The van der Waals surface area contributed by atoms with Crippen molar-refractivity contribution in [2.45, 2.75) is 45.3 Å². The van der Waals surface area contributed by atoms with E-state index in [2.05, 4.69) is 18.7 Å². The summed E-state index contributed by atoms with van der Waals surface area (Å²) in [7, 11) is 0. The Morgan fingerprint density at radius 1 is 1.50 bits per heavy atom. The molecule has 0 bridgehead atoms. The number of aliphatic hydroxyl groups is 1. The van der Waals surface area contributed by atoms with Crippen LogP contribution in [0.3, 0.4) is 0 Å². The summed E-state index contributed by atoms with van der Waals surface area (Å²) in [6.07, 6.45) is 3.80. The lowest BCUT2D eigenvalue weighted by Crippen LogP contribution is -2.33. The van der Waals surface area contributed by atoms with Crippen LogP contribution in [0.25, 0.3) is 0 Å². The lowest BCUT2D eigenvalue weighted by Gasteiger charge is -2.22. The van der Waals surface area contributed by atoms with Crippen LogP contribution in [0, 0.1) is 0 Å². The topological polar surface area (TPSA) is 32.7 Å². The monoisotopic (exact) mass is 201 g/mol. The number of aliphatic hydroxyl groups excluding tert-OH is 1. The molecule has 0 aromatic rings. The molecular formula is C11H23NO2. The van der Waals surface area contributed by atoms with Gasteiger partial charge in [0.25, 0.3) is 0 Å². The van der Waals surface area contributed by atoms with Crippen LogP contribution in [0.4, 0.5) is 0 Å². The Labute approximate surface area is 87.1 Å². The molecule has 1 atom stereocenters. The van der Waals surface area contributed by atoms with E-state index in [1.807, 2.05) is 0 Å². The van der Waals surface area contributed by atoms with Crippen molar-refractivity contribution < 1.29 is 9.84 Å². The Balaban J connectivity index is 2.05. The standard InChI is InChI=1S/C11H23NO2/c1-10(2)14-8-4-7-12-6-3-5-11(12)9-13/h10-11,13H,3-9H2,1-2H3/t11-/m0/s1. The Morgan fingerprint density at radius 2 is 2.29 bits per heavy atom. The molecular weight excluding hydrogens is 178 g/mol. The van der Waals surface area contributed by atoms with Crippen molar-refractivity contribution in [1.29, 1.82) is 0 Å². The lowest BCUT2D eigenvalue weighted by atomic mass is 10.2. The second kappa shape index (κ2) is 6.38. The summed E-state index contributed by atoms with van der Waals surface area (Å²) in [4.78, 5) is 2.38. The van der Waals surface area contributed by atoms with E-state index in [4.69, 9.17) is 9.84 Å². The predicted molar refractivity (Wildman–Crippen MR) is 57.4 cm³/mol. The van der Waals surface area contributed by atoms with Crippen molar-refractivity contribution >= 4 is 0 Å². The first-order valence-electron chi connectivity index (χ1n) is 5.70. The van der Waals surface area contributed by atoms with Gasteiger partial charge in [-0.3, -0.25) is 4.90 Å². The smallest absolute Gasteiger partial charge is 0.0586 e. The Kier molecular flexibility index (Phi) is 5.45. The van der Waals surface area contributed by atoms with Crippen LogP contribution in [0.2, 0.25) is 0 Å². The highest BCUT2D eigenvalue weighted by Gasteiger charge is 2.22. The van der Waals surface area contributed by atoms with Crippen molar-refractivity contribution in [1.82, 2.24) is 4.90 Å². The van der Waals surface area contributed by atoms with Gasteiger partial charge in [0, 0.05) is 19.2 Å². The molecule has 1 N–H and O–H groups in total. The highest BCUT2D eigenvalue weighted by Crippen LogP contribution is 2.16. The lowest BCUT2D eigenvalue weighted by molar-refractivity contribution is 0.0665. The average Bonchev–Trinajstić information content (AvgIpc) is 2.59. The van der Waals surface area contributed by atoms with E-state index in [1.54, 1.807) is 0 Å². The van der Waals surface area contributed by atoms with E-state index < -0.39 is 0 Å². The first-order valence-corrected chi connectivity index (χ1v) is 5.70. The zero-order valence-electron chi connectivity index (χ0n) is 9.41. The molecule has 14 heavy (non-hydrogen) atoms. The number of hydrogen-bond donors (Lipinski definition) is 1. The third-order valence-corrected chi connectivity index (χ3v) is 2.75. The first kappa shape index (κ1) is 12.0. The molecule has 0 aromatic carbocycles. The molecule has 0 aliphatic carbocycles. The maximum Gasteiger partial charge on any atom is 0.0586 e. The van der Waals surface area contributed by atoms with Gasteiger partial charge in [-0.05, 0) is 39.7 Å². The SMILES string of the molecule is CC(C)OCCCN1CCC[C@H]1CO. The highest BCUT2D eigenvalue weighted by atomic mass is 16.5. The predicted octanol–water partition coefficient (Wildman–Crippen LogP) is 1.26. The second-order valence-electron chi connectivity index (χ2n) is 4.29. The van der Waals surface area contributed by atoms with E-state index in [0.717, 1.165) is 32.5 Å². The van der Waals surface area contributed by atoms with E-state index in [1.165, 1.54) is 6.42 Å². The minimum absolute atomic E-state index is 0.311. The summed E-state index contributed by atoms with van der Waals surface area (Å²) in [5.41, 5.74) is 0. The summed E-state index contributed by atoms with van der Waals surface area (Å²) in [6, 6.07) is 0.411. The van der Waals surface area contributed by atoms with Crippen LogP contribution in [0.15, 0.2) is 0 Å². The molecule has 84 valence electrons. The molecule has 0 amide bonds. The van der Waals surface area contributed by atoms with E-state index in [-0.39, 0.29) is 0 Å². The normalized spacial score (nSPS) is 23.6. The average molecular weight is 201 g/mol. The molecule has 0 saturated carbocycles. The third-order valence-electron chi connectivity index (χ3n) is 2.75. The summed E-state index contributed by atoms with van der Waals surface area (Å²) in [5.74, 6) is 0. The van der Waals surface area contributed by atoms with Crippen molar-refractivity contribution in [2.75, 3.05) is 26.3 Å². The summed E-state index contributed by atoms with van der Waals surface area (Å²) in [5, 5.41) is 9.11. The van der Waals surface area contributed by atoms with Crippen LogP contribution < -0.4 is 0 Å². The van der Waals surface area contributed by atoms with Crippen molar-refractivity contribution in [3.8, 4) is 0 Å². The second-order valence-corrected chi connectivity index (χ2v) is 4.29. The zero-order chi connectivity index (χ0) is 10.4. The van der Waals surface area contributed by atoms with Gasteiger partial charge in [0.1, 0.15) is 0 Å². The molecule has 1 saturated heterocycles. The Bertz CT molecular complexity index is 150. The molecule has 1 aliphatic heterocycles. The first-order chi connectivity index (χ1) is 6.74. The van der Waals surface area contributed by atoms with Gasteiger partial charge in [-0.25, -0.2) is 0 Å². The van der Waals surface area contributed by atoms with Gasteiger partial charge in [0.05, 0.1) is 12.7 Å². The van der Waals surface area contributed by atoms with Gasteiger partial charge in [-0.2, -0.15) is 0 Å². The van der Waals surface area contributed by atoms with Crippen LogP contribution in [-0.4, -0.2) is 48.5 Å². The van der Waals surface area contributed by atoms with E-state index >= 15 is 0 Å². The molecule has 1 fully saturated rings. The fourth-order valence-corrected chi connectivity index (χ4v) is 1.98. The van der Waals surface area contributed by atoms with Gasteiger partial charge >= 0.3 is 0 Å². The van der Waals surface area contributed by atoms with E-state index in [0.29, 0.717) is 18.8 Å². The number of rotatable bonds is 6. The highest BCUT2D eigenvalue weighted by molar-refractivity contribution is 4.77. The molecule has 1 aliphatic rings. The van der Waals surface area contributed by atoms with Gasteiger partial charge < -0.3 is 9.84 Å². The van der Waals surface area contributed by atoms with Crippen LogP contribution in [0.5, 0.6) is 0 Å². The van der Waals surface area contributed by atoms with Crippen LogP contribution in [-0.2, 0) is 4.74 Å². The fraction of sp³-hybridized carbons (Fsp3) is 1.00. The largest absolute Gasteiger partial charge is 0.395 e. The van der Waals surface area contributed by atoms with Gasteiger partial charge in [0.15, 0.2) is 0 Å². The molecule has 0 spiro atoms. The third kappa shape index (κ3) is 3.95. The van der Waals surface area contributed by atoms with Gasteiger partial charge in [-0.15, -0.1) is 0 Å². The summed E-state index contributed by atoms with van der Waals surface area (Å²) in [6.45, 7) is 7.49. The Hall–Kier alpha value is -0.120. The fourth-order valence-electron chi connectivity index (χ4n) is 1.98. The van der Waals surface area contributed by atoms with Crippen molar-refractivity contribution in [3.63, 3.8) is 0 Å². The molecule has 1 heterocycles. The molecule has 0 unspecified atom stereocenters. The number of hydrogen-bond acceptors (Lipinski definition) is 3. The van der Waals surface area contributed by atoms with E-state index in [9.17, 15) is 0 Å². The molecule has 0 radical (unpaired) electrons. The minimum atomic E-state index is 0.311. The molecule has 1 rings (SSSR count). The number of ether oxygens (including phenoxy) is 1. The molecule has 3 heteroatoms. The van der Waals surface area contributed by atoms with Crippen LogP contribution >= 0.6 is 0 Å². The summed E-state index contributed by atoms with van der Waals surface area (Å²) >= 11 is 0. The summed E-state index contributed by atoms with van der Waals surface area (Å²) < 4.78 is 5.48.